The summed E-state index contributed by atoms with van der Waals surface area (Å²) in [6.07, 6.45) is 2.35. The van der Waals surface area contributed by atoms with E-state index < -0.39 is 0 Å². The van der Waals surface area contributed by atoms with Gasteiger partial charge in [-0.05, 0) is 26.2 Å². The van der Waals surface area contributed by atoms with E-state index in [0.29, 0.717) is 18.7 Å². The zero-order valence-corrected chi connectivity index (χ0v) is 12.4. The summed E-state index contributed by atoms with van der Waals surface area (Å²) in [5, 5.41) is 3.77. The molecule has 2 rings (SSSR count). The van der Waals surface area contributed by atoms with Crippen molar-refractivity contribution in [3.8, 4) is 0 Å². The molecular weight excluding hydrogens is 274 g/mol. The van der Waals surface area contributed by atoms with Crippen LogP contribution in [0.2, 0.25) is 0 Å². The number of ether oxygens (including phenoxy) is 1. The number of carbonyl (C=O) groups excluding carboxylic acids is 2. The number of amides is 2. The van der Waals surface area contributed by atoms with Gasteiger partial charge in [0.25, 0.3) is 5.91 Å². The normalized spacial score (nSPS) is 22.3. The number of carbonyl (C=O) groups is 2. The van der Waals surface area contributed by atoms with Gasteiger partial charge < -0.3 is 19.9 Å². The van der Waals surface area contributed by atoms with Gasteiger partial charge in [0.2, 0.25) is 5.91 Å². The molecule has 0 spiro atoms. The highest BCUT2D eigenvalue weighted by Gasteiger charge is 2.35. The number of rotatable bonds is 5. The van der Waals surface area contributed by atoms with E-state index in [-0.39, 0.29) is 36.1 Å². The fourth-order valence-corrected chi connectivity index (χ4v) is 2.80. The molecular formula is C14H21N3O4. The van der Waals surface area contributed by atoms with Crippen molar-refractivity contribution in [3.63, 3.8) is 0 Å². The Morgan fingerprint density at radius 3 is 2.90 bits per heavy atom. The first-order valence-corrected chi connectivity index (χ1v) is 7.08. The first-order valence-electron chi connectivity index (χ1n) is 7.08. The largest absolute Gasteiger partial charge is 0.379 e. The van der Waals surface area contributed by atoms with E-state index >= 15 is 0 Å². The van der Waals surface area contributed by atoms with Gasteiger partial charge in [-0.25, -0.2) is 0 Å². The van der Waals surface area contributed by atoms with E-state index in [2.05, 4.69) is 5.16 Å². The molecule has 1 aliphatic heterocycles. The van der Waals surface area contributed by atoms with Crippen molar-refractivity contribution >= 4 is 11.8 Å². The lowest BCUT2D eigenvalue weighted by atomic mass is 9.94. The van der Waals surface area contributed by atoms with Crippen LogP contribution in [-0.4, -0.2) is 47.7 Å². The quantitative estimate of drug-likeness (QED) is 0.869. The number of nitrogens with zero attached hydrogens (tertiary/aromatic N) is 2. The number of hydrogen-bond acceptors (Lipinski definition) is 5. The maximum absolute atomic E-state index is 12.6. The van der Waals surface area contributed by atoms with Crippen LogP contribution in [0.25, 0.3) is 0 Å². The molecule has 1 saturated heterocycles. The third kappa shape index (κ3) is 3.60. The number of likely N-dealkylation sites (tertiary alicyclic amines) is 1. The summed E-state index contributed by atoms with van der Waals surface area (Å²) in [5.74, 6) is 0.0236. The summed E-state index contributed by atoms with van der Waals surface area (Å²) < 4.78 is 10.4. The minimum absolute atomic E-state index is 0.0879. The Labute approximate surface area is 123 Å². The van der Waals surface area contributed by atoms with Crippen LogP contribution in [-0.2, 0) is 9.53 Å². The Morgan fingerprint density at radius 1 is 1.57 bits per heavy atom. The van der Waals surface area contributed by atoms with Crippen LogP contribution in [0.5, 0.6) is 0 Å². The van der Waals surface area contributed by atoms with Crippen molar-refractivity contribution in [2.75, 3.05) is 13.7 Å². The lowest BCUT2D eigenvalue weighted by Crippen LogP contribution is -2.52. The van der Waals surface area contributed by atoms with E-state index in [4.69, 9.17) is 15.0 Å². The van der Waals surface area contributed by atoms with Gasteiger partial charge in [-0.1, -0.05) is 5.16 Å². The van der Waals surface area contributed by atoms with Crippen molar-refractivity contribution in [2.24, 2.45) is 5.73 Å². The maximum Gasteiger partial charge on any atom is 0.276 e. The van der Waals surface area contributed by atoms with E-state index in [0.717, 1.165) is 12.8 Å². The standard InChI is InChI=1S/C14H21N3O4/c1-9-8-10(16-21-9)14(19)17-7-3-4-12(20-2)11(17)5-6-13(15)18/h8,11-12H,3-7H2,1-2H3,(H2,15,18)/t11-,12-/m0/s1. The molecule has 0 aromatic carbocycles. The van der Waals surface area contributed by atoms with E-state index in [1.807, 2.05) is 0 Å². The highest BCUT2D eigenvalue weighted by molar-refractivity contribution is 5.92. The first-order chi connectivity index (χ1) is 10.0. The monoisotopic (exact) mass is 295 g/mol. The second-order valence-corrected chi connectivity index (χ2v) is 5.31. The van der Waals surface area contributed by atoms with Gasteiger partial charge in [0.05, 0.1) is 12.1 Å². The Balaban J connectivity index is 2.16. The molecule has 2 atom stereocenters. The van der Waals surface area contributed by atoms with Crippen molar-refractivity contribution in [3.05, 3.63) is 17.5 Å². The smallest absolute Gasteiger partial charge is 0.276 e. The van der Waals surface area contributed by atoms with Crippen molar-refractivity contribution in [2.45, 2.75) is 44.8 Å². The second-order valence-electron chi connectivity index (χ2n) is 5.31. The lowest BCUT2D eigenvalue weighted by molar-refractivity contribution is -0.118. The maximum atomic E-state index is 12.6. The van der Waals surface area contributed by atoms with Crippen LogP contribution >= 0.6 is 0 Å². The van der Waals surface area contributed by atoms with Crippen LogP contribution in [0.3, 0.4) is 0 Å². The number of aromatic nitrogens is 1. The molecule has 116 valence electrons. The Bertz CT molecular complexity index is 514. The summed E-state index contributed by atoms with van der Waals surface area (Å²) in [4.78, 5) is 25.3. The van der Waals surface area contributed by atoms with Crippen molar-refractivity contribution < 1.29 is 18.8 Å². The summed E-state index contributed by atoms with van der Waals surface area (Å²) in [5.41, 5.74) is 5.51. The Kier molecular flexibility index (Phi) is 4.95. The molecule has 7 heteroatoms. The summed E-state index contributed by atoms with van der Waals surface area (Å²) in [6, 6.07) is 1.45. The molecule has 0 bridgehead atoms. The topological polar surface area (TPSA) is 98.7 Å². The third-order valence-electron chi connectivity index (χ3n) is 3.81. The summed E-state index contributed by atoms with van der Waals surface area (Å²) in [7, 11) is 1.62. The second kappa shape index (κ2) is 6.71. The van der Waals surface area contributed by atoms with Gasteiger partial charge in [0, 0.05) is 26.1 Å². The molecule has 2 amide bonds. The average molecular weight is 295 g/mol. The molecule has 1 aromatic heterocycles. The van der Waals surface area contributed by atoms with Crippen molar-refractivity contribution in [1.29, 1.82) is 0 Å². The first kappa shape index (κ1) is 15.5. The van der Waals surface area contributed by atoms with E-state index in [1.165, 1.54) is 0 Å². The number of piperidine rings is 1. The Morgan fingerprint density at radius 2 is 2.33 bits per heavy atom. The molecule has 0 unspecified atom stereocenters. The molecule has 0 radical (unpaired) electrons. The highest BCUT2D eigenvalue weighted by atomic mass is 16.5. The van der Waals surface area contributed by atoms with Crippen LogP contribution in [0.15, 0.2) is 10.6 Å². The fourth-order valence-electron chi connectivity index (χ4n) is 2.80. The number of hydrogen-bond donors (Lipinski definition) is 1. The van der Waals surface area contributed by atoms with Crippen LogP contribution < -0.4 is 5.73 Å². The van der Waals surface area contributed by atoms with Gasteiger partial charge in [0.15, 0.2) is 5.69 Å². The molecule has 0 saturated carbocycles. The number of primary amides is 1. The van der Waals surface area contributed by atoms with E-state index in [1.54, 1.807) is 25.0 Å². The van der Waals surface area contributed by atoms with Gasteiger partial charge in [0.1, 0.15) is 5.76 Å². The number of nitrogens with two attached hydrogens (primary N) is 1. The molecule has 1 fully saturated rings. The van der Waals surface area contributed by atoms with Crippen LogP contribution in [0.1, 0.15) is 41.9 Å². The molecule has 7 nitrogen and oxygen atoms in total. The van der Waals surface area contributed by atoms with Gasteiger partial charge in [-0.3, -0.25) is 9.59 Å². The molecule has 2 heterocycles. The highest BCUT2D eigenvalue weighted by Crippen LogP contribution is 2.25. The van der Waals surface area contributed by atoms with Gasteiger partial charge in [-0.15, -0.1) is 0 Å². The van der Waals surface area contributed by atoms with Gasteiger partial charge >= 0.3 is 0 Å². The van der Waals surface area contributed by atoms with Crippen molar-refractivity contribution in [1.82, 2.24) is 10.1 Å². The molecule has 0 aliphatic carbocycles. The zero-order valence-electron chi connectivity index (χ0n) is 12.4. The molecule has 1 aromatic rings. The summed E-state index contributed by atoms with van der Waals surface area (Å²) in [6.45, 7) is 2.36. The van der Waals surface area contributed by atoms with E-state index in [9.17, 15) is 9.59 Å². The van der Waals surface area contributed by atoms with Gasteiger partial charge in [-0.2, -0.15) is 0 Å². The summed E-state index contributed by atoms with van der Waals surface area (Å²) >= 11 is 0. The molecule has 21 heavy (non-hydrogen) atoms. The van der Waals surface area contributed by atoms with Crippen LogP contribution in [0.4, 0.5) is 0 Å². The minimum Gasteiger partial charge on any atom is -0.379 e. The Hall–Kier alpha value is -1.89. The van der Waals surface area contributed by atoms with Crippen LogP contribution in [0, 0.1) is 6.92 Å². The molecule has 1 aliphatic rings. The SMILES string of the molecule is CO[C@H]1CCCN(C(=O)c2cc(C)on2)[C@H]1CCC(N)=O. The minimum atomic E-state index is -0.375. The lowest BCUT2D eigenvalue weighted by Gasteiger charge is -2.40. The number of methoxy groups -OCH3 is 1. The predicted molar refractivity (Wildman–Crippen MR) is 74.5 cm³/mol. The predicted octanol–water partition coefficient (Wildman–Crippen LogP) is 0.868. The third-order valence-corrected chi connectivity index (χ3v) is 3.81. The fraction of sp³-hybridized carbons (Fsp3) is 0.643. The number of aryl methyl sites for hydroxylation is 1. The zero-order chi connectivity index (χ0) is 15.4. The average Bonchev–Trinajstić information content (AvgIpc) is 2.90. The molecule has 2 N–H and O–H groups in total.